The molecular weight excluding hydrogens is 298 g/mol. The van der Waals surface area contributed by atoms with Crippen LogP contribution in [0.25, 0.3) is 0 Å². The Labute approximate surface area is 134 Å². The lowest BCUT2D eigenvalue weighted by Gasteiger charge is -2.41. The molecule has 122 valence electrons. The number of likely N-dealkylation sites (tertiary alicyclic amines) is 1. The van der Waals surface area contributed by atoms with Crippen molar-refractivity contribution >= 4 is 11.9 Å². The summed E-state index contributed by atoms with van der Waals surface area (Å²) >= 11 is 0. The van der Waals surface area contributed by atoms with Gasteiger partial charge in [0, 0.05) is 25.9 Å². The Kier molecular flexibility index (Phi) is 4.45. The predicted molar refractivity (Wildman–Crippen MR) is 81.4 cm³/mol. The number of hydrogen-bond donors (Lipinski definition) is 1. The van der Waals surface area contributed by atoms with Gasteiger partial charge < -0.3 is 19.5 Å². The summed E-state index contributed by atoms with van der Waals surface area (Å²) in [5.74, 6) is -0.153. The fraction of sp³-hybridized carbons (Fsp3) is 0.412. The first-order chi connectivity index (χ1) is 11.1. The van der Waals surface area contributed by atoms with Crippen LogP contribution in [0.1, 0.15) is 18.4 Å². The summed E-state index contributed by atoms with van der Waals surface area (Å²) in [7, 11) is 0. The molecule has 2 aliphatic rings. The molecule has 1 amide bonds. The van der Waals surface area contributed by atoms with Gasteiger partial charge in [-0.05, 0) is 17.7 Å². The van der Waals surface area contributed by atoms with Gasteiger partial charge in [-0.3, -0.25) is 4.79 Å². The molecule has 0 saturated carbocycles. The summed E-state index contributed by atoms with van der Waals surface area (Å²) in [6, 6.07) is 9.46. The second-order valence-corrected chi connectivity index (χ2v) is 5.75. The second kappa shape index (κ2) is 6.52. The van der Waals surface area contributed by atoms with E-state index < -0.39 is 18.0 Å². The van der Waals surface area contributed by atoms with Crippen LogP contribution in [0.2, 0.25) is 0 Å². The highest BCUT2D eigenvalue weighted by molar-refractivity contribution is 5.98. The molecule has 2 heterocycles. The Morgan fingerprint density at radius 2 is 2.00 bits per heavy atom. The SMILES string of the molecule is O=C(OCc1ccccc1)N1CCC2(CC1)OC(O)C=CC2=O. The van der Waals surface area contributed by atoms with Gasteiger partial charge in [-0.25, -0.2) is 4.79 Å². The molecule has 0 aromatic heterocycles. The fourth-order valence-corrected chi connectivity index (χ4v) is 2.88. The van der Waals surface area contributed by atoms with E-state index in [-0.39, 0.29) is 12.4 Å². The molecule has 1 unspecified atom stereocenters. The highest BCUT2D eigenvalue weighted by Crippen LogP contribution is 2.32. The number of hydrogen-bond acceptors (Lipinski definition) is 5. The van der Waals surface area contributed by atoms with Crippen molar-refractivity contribution in [2.45, 2.75) is 31.3 Å². The van der Waals surface area contributed by atoms with E-state index in [0.29, 0.717) is 25.9 Å². The van der Waals surface area contributed by atoms with E-state index in [1.54, 1.807) is 4.90 Å². The molecule has 1 spiro atoms. The zero-order valence-electron chi connectivity index (χ0n) is 12.7. The van der Waals surface area contributed by atoms with Gasteiger partial charge in [0.2, 0.25) is 0 Å². The van der Waals surface area contributed by atoms with Crippen LogP contribution in [-0.2, 0) is 20.9 Å². The minimum absolute atomic E-state index is 0.153. The minimum Gasteiger partial charge on any atom is -0.445 e. The molecule has 3 rings (SSSR count). The maximum atomic E-state index is 12.1. The topological polar surface area (TPSA) is 76.1 Å². The predicted octanol–water partition coefficient (Wildman–Crippen LogP) is 1.63. The van der Waals surface area contributed by atoms with Crippen molar-refractivity contribution in [2.75, 3.05) is 13.1 Å². The van der Waals surface area contributed by atoms with Crippen LogP contribution >= 0.6 is 0 Å². The summed E-state index contributed by atoms with van der Waals surface area (Å²) in [6.45, 7) is 0.943. The molecule has 1 aromatic carbocycles. The molecular formula is C17H19NO5. The van der Waals surface area contributed by atoms with Gasteiger partial charge in [0.15, 0.2) is 12.1 Å². The molecule has 0 aliphatic carbocycles. The van der Waals surface area contributed by atoms with E-state index in [4.69, 9.17) is 9.47 Å². The van der Waals surface area contributed by atoms with Crippen LogP contribution in [0, 0.1) is 0 Å². The van der Waals surface area contributed by atoms with Crippen molar-refractivity contribution in [3.05, 3.63) is 48.0 Å². The lowest BCUT2D eigenvalue weighted by Crippen LogP contribution is -2.54. The van der Waals surface area contributed by atoms with Crippen molar-refractivity contribution in [2.24, 2.45) is 0 Å². The lowest BCUT2D eigenvalue weighted by molar-refractivity contribution is -0.188. The number of carbonyl (C=O) groups excluding carboxylic acids is 2. The van der Waals surface area contributed by atoms with Crippen molar-refractivity contribution in [3.63, 3.8) is 0 Å². The minimum atomic E-state index is -1.07. The summed E-state index contributed by atoms with van der Waals surface area (Å²) in [5.41, 5.74) is -0.0851. The van der Waals surface area contributed by atoms with Gasteiger partial charge >= 0.3 is 6.09 Å². The molecule has 1 fully saturated rings. The third-order valence-corrected chi connectivity index (χ3v) is 4.24. The summed E-state index contributed by atoms with van der Waals surface area (Å²) in [5, 5.41) is 9.56. The van der Waals surface area contributed by atoms with E-state index in [1.165, 1.54) is 12.2 Å². The maximum absolute atomic E-state index is 12.1. The Morgan fingerprint density at radius 3 is 2.70 bits per heavy atom. The monoisotopic (exact) mass is 317 g/mol. The number of aliphatic hydroxyl groups is 1. The van der Waals surface area contributed by atoms with Crippen LogP contribution in [-0.4, -0.2) is 46.9 Å². The Bertz CT molecular complexity index is 605. The highest BCUT2D eigenvalue weighted by atomic mass is 16.6. The number of carbonyl (C=O) groups is 2. The van der Waals surface area contributed by atoms with E-state index in [9.17, 15) is 14.7 Å². The van der Waals surface area contributed by atoms with Crippen LogP contribution < -0.4 is 0 Å². The third kappa shape index (κ3) is 3.43. The Hall–Kier alpha value is -2.18. The molecule has 23 heavy (non-hydrogen) atoms. The average Bonchev–Trinajstić information content (AvgIpc) is 2.58. The summed E-state index contributed by atoms with van der Waals surface area (Å²) in [6.07, 6.45) is 1.93. The summed E-state index contributed by atoms with van der Waals surface area (Å²) in [4.78, 5) is 25.7. The number of amides is 1. The highest BCUT2D eigenvalue weighted by Gasteiger charge is 2.45. The van der Waals surface area contributed by atoms with Crippen LogP contribution in [0.3, 0.4) is 0 Å². The quantitative estimate of drug-likeness (QED) is 0.897. The lowest BCUT2D eigenvalue weighted by atomic mass is 9.85. The third-order valence-electron chi connectivity index (χ3n) is 4.24. The number of nitrogens with zero attached hydrogens (tertiary/aromatic N) is 1. The van der Waals surface area contributed by atoms with E-state index in [0.717, 1.165) is 5.56 Å². The maximum Gasteiger partial charge on any atom is 0.410 e. The molecule has 1 atom stereocenters. The largest absolute Gasteiger partial charge is 0.445 e. The first-order valence-corrected chi connectivity index (χ1v) is 7.63. The van der Waals surface area contributed by atoms with Gasteiger partial charge in [0.05, 0.1) is 0 Å². The zero-order valence-corrected chi connectivity index (χ0v) is 12.7. The van der Waals surface area contributed by atoms with Gasteiger partial charge in [-0.1, -0.05) is 30.3 Å². The van der Waals surface area contributed by atoms with Crippen LogP contribution in [0.5, 0.6) is 0 Å². The standard InChI is InChI=1S/C17H19NO5/c19-14-6-7-15(20)23-17(14)8-10-18(11-9-17)16(21)22-12-13-4-2-1-3-5-13/h1-7,15,20H,8-12H2. The molecule has 1 saturated heterocycles. The zero-order chi connectivity index (χ0) is 16.3. The summed E-state index contributed by atoms with van der Waals surface area (Å²) < 4.78 is 10.7. The number of aliphatic hydroxyl groups excluding tert-OH is 1. The Morgan fingerprint density at radius 1 is 1.30 bits per heavy atom. The normalized spacial score (nSPS) is 23.1. The number of ether oxygens (including phenoxy) is 2. The molecule has 6 nitrogen and oxygen atoms in total. The van der Waals surface area contributed by atoms with Gasteiger partial charge in [-0.15, -0.1) is 0 Å². The smallest absolute Gasteiger partial charge is 0.410 e. The molecule has 6 heteroatoms. The van der Waals surface area contributed by atoms with Crippen molar-refractivity contribution in [1.82, 2.24) is 4.90 Å². The molecule has 2 aliphatic heterocycles. The number of ketones is 1. The fourth-order valence-electron chi connectivity index (χ4n) is 2.88. The first-order valence-electron chi connectivity index (χ1n) is 7.63. The number of benzene rings is 1. The van der Waals surface area contributed by atoms with Crippen molar-refractivity contribution in [1.29, 1.82) is 0 Å². The molecule has 0 radical (unpaired) electrons. The molecule has 1 aromatic rings. The van der Waals surface area contributed by atoms with E-state index in [2.05, 4.69) is 0 Å². The van der Waals surface area contributed by atoms with Gasteiger partial charge in [-0.2, -0.15) is 0 Å². The van der Waals surface area contributed by atoms with Crippen molar-refractivity contribution in [3.8, 4) is 0 Å². The van der Waals surface area contributed by atoms with Crippen LogP contribution in [0.15, 0.2) is 42.5 Å². The molecule has 1 N–H and O–H groups in total. The number of rotatable bonds is 2. The van der Waals surface area contributed by atoms with Gasteiger partial charge in [0.25, 0.3) is 0 Å². The number of piperidine rings is 1. The van der Waals surface area contributed by atoms with E-state index in [1.807, 2.05) is 30.3 Å². The van der Waals surface area contributed by atoms with Crippen molar-refractivity contribution < 1.29 is 24.2 Å². The molecule has 0 bridgehead atoms. The average molecular weight is 317 g/mol. The van der Waals surface area contributed by atoms with E-state index >= 15 is 0 Å². The Balaban J connectivity index is 1.53. The van der Waals surface area contributed by atoms with Crippen LogP contribution in [0.4, 0.5) is 4.79 Å². The second-order valence-electron chi connectivity index (χ2n) is 5.75. The first kappa shape index (κ1) is 15.7. The van der Waals surface area contributed by atoms with Gasteiger partial charge in [0.1, 0.15) is 12.2 Å².